The van der Waals surface area contributed by atoms with Crippen molar-refractivity contribution < 1.29 is 4.92 Å². The highest BCUT2D eigenvalue weighted by Crippen LogP contribution is 2.18. The summed E-state index contributed by atoms with van der Waals surface area (Å²) in [4.78, 5) is 25.0. The van der Waals surface area contributed by atoms with Crippen LogP contribution in [0.1, 0.15) is 5.56 Å². The van der Waals surface area contributed by atoms with Crippen molar-refractivity contribution in [1.82, 2.24) is 9.55 Å². The maximum atomic E-state index is 11.6. The van der Waals surface area contributed by atoms with E-state index >= 15 is 0 Å². The van der Waals surface area contributed by atoms with Crippen molar-refractivity contribution in [3.05, 3.63) is 61.8 Å². The molecule has 0 atom stereocenters. The number of aromatic nitrogens is 2. The minimum Gasteiger partial charge on any atom is -0.398 e. The standard InChI is InChI=1S/C11H9ClN4O3/c12-8-1-2-10(13)7(3-8)5-15-6-9(16(18)19)4-14-11(15)17/h1-4,6H,5,13H2. The maximum Gasteiger partial charge on any atom is 0.348 e. The van der Waals surface area contributed by atoms with Gasteiger partial charge >= 0.3 is 11.4 Å². The Morgan fingerprint density at radius 1 is 1.47 bits per heavy atom. The molecule has 2 N–H and O–H groups in total. The molecule has 2 rings (SSSR count). The van der Waals surface area contributed by atoms with Crippen molar-refractivity contribution in [3.63, 3.8) is 0 Å². The first-order valence-corrected chi connectivity index (χ1v) is 5.60. The Bertz CT molecular complexity index is 699. The summed E-state index contributed by atoms with van der Waals surface area (Å²) in [6.45, 7) is 0.0694. The van der Waals surface area contributed by atoms with E-state index in [1.165, 1.54) is 0 Å². The van der Waals surface area contributed by atoms with Gasteiger partial charge in [0.1, 0.15) is 6.20 Å². The highest BCUT2D eigenvalue weighted by atomic mass is 35.5. The molecule has 0 aliphatic carbocycles. The molecule has 0 aliphatic heterocycles. The van der Waals surface area contributed by atoms with Crippen LogP contribution in [0.3, 0.4) is 0 Å². The molecule has 19 heavy (non-hydrogen) atoms. The van der Waals surface area contributed by atoms with Crippen molar-refractivity contribution in [2.24, 2.45) is 0 Å². The lowest BCUT2D eigenvalue weighted by Gasteiger charge is -2.08. The van der Waals surface area contributed by atoms with Crippen molar-refractivity contribution in [1.29, 1.82) is 0 Å². The molecule has 0 unspecified atom stereocenters. The summed E-state index contributed by atoms with van der Waals surface area (Å²) < 4.78 is 1.11. The van der Waals surface area contributed by atoms with Gasteiger partial charge in [-0.05, 0) is 23.8 Å². The number of benzene rings is 1. The number of nitrogen functional groups attached to an aromatic ring is 1. The van der Waals surface area contributed by atoms with Gasteiger partial charge in [0.05, 0.1) is 17.7 Å². The molecule has 7 nitrogen and oxygen atoms in total. The fraction of sp³-hybridized carbons (Fsp3) is 0.0909. The fourth-order valence-electron chi connectivity index (χ4n) is 1.55. The Morgan fingerprint density at radius 3 is 2.89 bits per heavy atom. The quantitative estimate of drug-likeness (QED) is 0.520. The van der Waals surface area contributed by atoms with Crippen molar-refractivity contribution >= 4 is 23.0 Å². The van der Waals surface area contributed by atoms with Gasteiger partial charge in [0.25, 0.3) is 0 Å². The number of anilines is 1. The molecule has 2 aromatic rings. The van der Waals surface area contributed by atoms with Crippen LogP contribution in [0, 0.1) is 10.1 Å². The monoisotopic (exact) mass is 280 g/mol. The topological polar surface area (TPSA) is 104 Å². The highest BCUT2D eigenvalue weighted by Gasteiger charge is 2.10. The third-order valence-corrected chi connectivity index (χ3v) is 2.73. The van der Waals surface area contributed by atoms with E-state index in [9.17, 15) is 14.9 Å². The van der Waals surface area contributed by atoms with Crippen LogP contribution < -0.4 is 11.4 Å². The SMILES string of the molecule is Nc1ccc(Cl)cc1Cn1cc([N+](=O)[O-])cnc1=O. The summed E-state index contributed by atoms with van der Waals surface area (Å²) in [6.07, 6.45) is 2.04. The third kappa shape index (κ3) is 2.89. The lowest BCUT2D eigenvalue weighted by Crippen LogP contribution is -2.23. The summed E-state index contributed by atoms with van der Waals surface area (Å²) in [5.41, 5.74) is 5.94. The van der Waals surface area contributed by atoms with Crippen molar-refractivity contribution in [3.8, 4) is 0 Å². The molecular weight excluding hydrogens is 272 g/mol. The number of hydrogen-bond donors (Lipinski definition) is 1. The molecule has 1 heterocycles. The van der Waals surface area contributed by atoms with Gasteiger partial charge in [-0.25, -0.2) is 4.79 Å². The maximum absolute atomic E-state index is 11.6. The van der Waals surface area contributed by atoms with Crippen LogP contribution in [0.15, 0.2) is 35.4 Å². The van der Waals surface area contributed by atoms with Gasteiger partial charge < -0.3 is 5.73 Å². The Hall–Kier alpha value is -2.41. The molecule has 0 saturated heterocycles. The zero-order valence-electron chi connectivity index (χ0n) is 9.62. The van der Waals surface area contributed by atoms with Crippen molar-refractivity contribution in [2.75, 3.05) is 5.73 Å². The number of nitrogens with zero attached hydrogens (tertiary/aromatic N) is 3. The second kappa shape index (κ2) is 5.07. The molecule has 0 amide bonds. The lowest BCUT2D eigenvalue weighted by atomic mass is 10.2. The van der Waals surface area contributed by atoms with Crippen LogP contribution in [-0.2, 0) is 6.54 Å². The van der Waals surface area contributed by atoms with Crippen LogP contribution in [0.4, 0.5) is 11.4 Å². The fourth-order valence-corrected chi connectivity index (χ4v) is 1.74. The van der Waals surface area contributed by atoms with E-state index in [0.29, 0.717) is 16.3 Å². The van der Waals surface area contributed by atoms with E-state index in [4.69, 9.17) is 17.3 Å². The van der Waals surface area contributed by atoms with Crippen molar-refractivity contribution in [2.45, 2.75) is 6.54 Å². The van der Waals surface area contributed by atoms with Gasteiger partial charge in [-0.3, -0.25) is 14.7 Å². The first kappa shape index (κ1) is 13.0. The van der Waals surface area contributed by atoms with Gasteiger partial charge in [0, 0.05) is 10.7 Å². The number of rotatable bonds is 3. The lowest BCUT2D eigenvalue weighted by molar-refractivity contribution is -0.385. The average Bonchev–Trinajstić information content (AvgIpc) is 2.36. The second-order valence-corrected chi connectivity index (χ2v) is 4.26. The summed E-state index contributed by atoms with van der Waals surface area (Å²) in [5.74, 6) is 0. The van der Waals surface area contributed by atoms with Gasteiger partial charge in [-0.15, -0.1) is 0 Å². The predicted molar refractivity (Wildman–Crippen MR) is 70.1 cm³/mol. The number of hydrogen-bond acceptors (Lipinski definition) is 5. The van der Waals surface area contributed by atoms with E-state index in [1.54, 1.807) is 18.2 Å². The first-order valence-electron chi connectivity index (χ1n) is 5.22. The van der Waals surface area contributed by atoms with E-state index in [1.807, 2.05) is 0 Å². The molecule has 1 aromatic heterocycles. The normalized spacial score (nSPS) is 10.4. The number of nitrogens with two attached hydrogens (primary N) is 1. The van der Waals surface area contributed by atoms with Crippen LogP contribution >= 0.6 is 11.6 Å². The molecular formula is C11H9ClN4O3. The van der Waals surface area contributed by atoms with E-state index in [0.717, 1.165) is 17.0 Å². The summed E-state index contributed by atoms with van der Waals surface area (Å²) in [6, 6.07) is 4.82. The number of halogens is 1. The van der Waals surface area contributed by atoms with E-state index in [-0.39, 0.29) is 12.2 Å². The van der Waals surface area contributed by atoms with Gasteiger partial charge in [0.15, 0.2) is 0 Å². The third-order valence-electron chi connectivity index (χ3n) is 2.50. The molecule has 0 fully saturated rings. The Morgan fingerprint density at radius 2 is 2.21 bits per heavy atom. The van der Waals surface area contributed by atoms with E-state index < -0.39 is 10.6 Å². The molecule has 0 spiro atoms. The second-order valence-electron chi connectivity index (χ2n) is 3.82. The van der Waals surface area contributed by atoms with Crippen LogP contribution in [-0.4, -0.2) is 14.5 Å². The Labute approximate surface area is 112 Å². The number of nitro groups is 1. The largest absolute Gasteiger partial charge is 0.398 e. The zero-order chi connectivity index (χ0) is 14.0. The molecule has 8 heteroatoms. The molecule has 0 aliphatic rings. The average molecular weight is 281 g/mol. The summed E-state index contributed by atoms with van der Waals surface area (Å²) in [5, 5.41) is 11.1. The van der Waals surface area contributed by atoms with Gasteiger partial charge in [-0.1, -0.05) is 11.6 Å². The van der Waals surface area contributed by atoms with Gasteiger partial charge in [0.2, 0.25) is 0 Å². The smallest absolute Gasteiger partial charge is 0.348 e. The molecule has 0 bridgehead atoms. The minimum atomic E-state index is -0.621. The highest BCUT2D eigenvalue weighted by molar-refractivity contribution is 6.30. The molecule has 0 saturated carbocycles. The van der Waals surface area contributed by atoms with Gasteiger partial charge in [-0.2, -0.15) is 4.98 Å². The molecule has 98 valence electrons. The van der Waals surface area contributed by atoms with Crippen LogP contribution in [0.25, 0.3) is 0 Å². The van der Waals surface area contributed by atoms with Crippen LogP contribution in [0.2, 0.25) is 5.02 Å². The zero-order valence-corrected chi connectivity index (χ0v) is 10.4. The van der Waals surface area contributed by atoms with Crippen LogP contribution in [0.5, 0.6) is 0 Å². The Kier molecular flexibility index (Phi) is 3.48. The Balaban J connectivity index is 2.43. The first-order chi connectivity index (χ1) is 8.97. The molecule has 1 aromatic carbocycles. The van der Waals surface area contributed by atoms with E-state index in [2.05, 4.69) is 4.98 Å². The summed E-state index contributed by atoms with van der Waals surface area (Å²) in [7, 11) is 0. The molecule has 0 radical (unpaired) electrons. The predicted octanol–water partition coefficient (Wildman–Crippen LogP) is 1.44. The summed E-state index contributed by atoms with van der Waals surface area (Å²) >= 11 is 5.84. The minimum absolute atomic E-state index is 0.0694.